The summed E-state index contributed by atoms with van der Waals surface area (Å²) in [5.41, 5.74) is 1.47. The van der Waals surface area contributed by atoms with E-state index < -0.39 is 15.7 Å². The molecule has 0 spiro atoms. The Labute approximate surface area is 186 Å². The lowest BCUT2D eigenvalue weighted by Gasteiger charge is -2.26. The highest BCUT2D eigenvalue weighted by Crippen LogP contribution is 2.22. The lowest BCUT2D eigenvalue weighted by Crippen LogP contribution is -2.31. The van der Waals surface area contributed by atoms with Crippen LogP contribution in [-0.2, 0) is 9.84 Å². The van der Waals surface area contributed by atoms with Crippen LogP contribution in [0.1, 0.15) is 35.2 Å². The number of hydrogen-bond acceptors (Lipinski definition) is 8. The number of anilines is 2. The molecule has 2 aromatic heterocycles. The molecule has 4 rings (SSSR count). The molecule has 1 saturated heterocycles. The molecule has 10 heteroatoms. The summed E-state index contributed by atoms with van der Waals surface area (Å²) in [5, 5.41) is 2.74. The first-order valence-corrected chi connectivity index (χ1v) is 12.2. The summed E-state index contributed by atoms with van der Waals surface area (Å²) in [6.45, 7) is 3.37. The minimum Gasteiger partial charge on any atom is -0.341 e. The molecule has 1 amide bonds. The van der Waals surface area contributed by atoms with Crippen molar-refractivity contribution in [2.45, 2.75) is 31.1 Å². The van der Waals surface area contributed by atoms with Crippen molar-refractivity contribution in [2.24, 2.45) is 0 Å². The predicted molar refractivity (Wildman–Crippen MR) is 121 cm³/mol. The highest BCUT2D eigenvalue weighted by Gasteiger charge is 2.20. The molecular weight excluding hydrogens is 428 g/mol. The molecule has 1 fully saturated rings. The number of nitrogens with zero attached hydrogens (tertiary/aromatic N) is 5. The average Bonchev–Trinajstić information content (AvgIpc) is 2.79. The van der Waals surface area contributed by atoms with Gasteiger partial charge in [0.05, 0.1) is 4.90 Å². The average molecular weight is 453 g/mol. The zero-order valence-electron chi connectivity index (χ0n) is 17.9. The van der Waals surface area contributed by atoms with E-state index in [0.29, 0.717) is 28.6 Å². The van der Waals surface area contributed by atoms with Crippen LogP contribution in [-0.4, -0.2) is 53.6 Å². The second kappa shape index (κ2) is 8.99. The van der Waals surface area contributed by atoms with Gasteiger partial charge in [0.1, 0.15) is 5.69 Å². The highest BCUT2D eigenvalue weighted by atomic mass is 32.2. The van der Waals surface area contributed by atoms with Crippen molar-refractivity contribution in [1.29, 1.82) is 0 Å². The molecule has 32 heavy (non-hydrogen) atoms. The van der Waals surface area contributed by atoms with E-state index in [2.05, 4.69) is 30.2 Å². The summed E-state index contributed by atoms with van der Waals surface area (Å²) < 4.78 is 23.6. The maximum absolute atomic E-state index is 12.9. The SMILES string of the molecule is Cc1cc(S(C)(=O)=O)ccc1C(=O)Nc1nc(-c2ccccn2)nc(N2CCCCC2)n1. The standard InChI is InChI=1S/C22H24N6O3S/c1-15-14-16(32(2,30)31)9-10-17(15)20(29)26-21-24-19(18-8-4-5-11-23-18)25-22(27-21)28-12-6-3-7-13-28/h4-5,8-11,14H,3,6-7,12-13H2,1-2H3,(H,24,25,26,27,29). The van der Waals surface area contributed by atoms with E-state index in [4.69, 9.17) is 0 Å². The first-order chi connectivity index (χ1) is 15.3. The molecule has 0 radical (unpaired) electrons. The van der Waals surface area contributed by atoms with Crippen molar-refractivity contribution < 1.29 is 13.2 Å². The van der Waals surface area contributed by atoms with Crippen LogP contribution in [0.2, 0.25) is 0 Å². The molecule has 0 saturated carbocycles. The fourth-order valence-electron chi connectivity index (χ4n) is 3.56. The molecule has 166 valence electrons. The number of sulfone groups is 1. The molecule has 1 aliphatic heterocycles. The molecule has 0 bridgehead atoms. The first-order valence-electron chi connectivity index (χ1n) is 10.4. The number of amides is 1. The fourth-order valence-corrected chi connectivity index (χ4v) is 4.26. The minimum absolute atomic E-state index is 0.123. The number of aryl methyl sites for hydroxylation is 1. The maximum atomic E-state index is 12.9. The molecule has 1 N–H and O–H groups in total. The normalized spacial score (nSPS) is 14.2. The van der Waals surface area contributed by atoms with Gasteiger partial charge in [-0.05, 0) is 62.1 Å². The van der Waals surface area contributed by atoms with Gasteiger partial charge in [-0.15, -0.1) is 0 Å². The first kappa shape index (κ1) is 21.8. The number of hydrogen-bond donors (Lipinski definition) is 1. The Hall–Kier alpha value is -3.40. The van der Waals surface area contributed by atoms with Crippen LogP contribution in [0.4, 0.5) is 11.9 Å². The van der Waals surface area contributed by atoms with Crippen LogP contribution in [0.25, 0.3) is 11.5 Å². The van der Waals surface area contributed by atoms with Gasteiger partial charge in [-0.3, -0.25) is 15.1 Å². The number of piperidine rings is 1. The summed E-state index contributed by atoms with van der Waals surface area (Å²) in [6, 6.07) is 9.85. The van der Waals surface area contributed by atoms with Crippen LogP contribution in [0, 0.1) is 6.92 Å². The Morgan fingerprint density at radius 1 is 1.03 bits per heavy atom. The maximum Gasteiger partial charge on any atom is 0.258 e. The Morgan fingerprint density at radius 3 is 2.47 bits per heavy atom. The van der Waals surface area contributed by atoms with Gasteiger partial charge >= 0.3 is 0 Å². The fraction of sp³-hybridized carbons (Fsp3) is 0.318. The molecule has 0 atom stereocenters. The number of pyridine rings is 1. The Bertz CT molecular complexity index is 1240. The molecule has 1 aliphatic rings. The van der Waals surface area contributed by atoms with Crippen LogP contribution in [0.5, 0.6) is 0 Å². The van der Waals surface area contributed by atoms with Gasteiger partial charge in [0, 0.05) is 31.1 Å². The summed E-state index contributed by atoms with van der Waals surface area (Å²) in [7, 11) is -3.36. The van der Waals surface area contributed by atoms with Crippen molar-refractivity contribution in [2.75, 3.05) is 29.6 Å². The van der Waals surface area contributed by atoms with Crippen LogP contribution >= 0.6 is 0 Å². The van der Waals surface area contributed by atoms with E-state index in [1.54, 1.807) is 19.2 Å². The summed E-state index contributed by atoms with van der Waals surface area (Å²) in [6.07, 6.45) is 6.07. The van der Waals surface area contributed by atoms with Crippen molar-refractivity contribution in [3.8, 4) is 11.5 Å². The van der Waals surface area contributed by atoms with Crippen molar-refractivity contribution in [1.82, 2.24) is 19.9 Å². The van der Waals surface area contributed by atoms with Gasteiger partial charge in [-0.2, -0.15) is 15.0 Å². The minimum atomic E-state index is -3.36. The van der Waals surface area contributed by atoms with E-state index in [1.807, 2.05) is 12.1 Å². The third kappa shape index (κ3) is 4.91. The zero-order chi connectivity index (χ0) is 22.7. The molecule has 9 nitrogen and oxygen atoms in total. The molecule has 0 unspecified atom stereocenters. The molecule has 3 aromatic rings. The van der Waals surface area contributed by atoms with Crippen molar-refractivity contribution in [3.05, 3.63) is 53.7 Å². The lowest BCUT2D eigenvalue weighted by atomic mass is 10.1. The predicted octanol–water partition coefficient (Wildman–Crippen LogP) is 2.89. The third-order valence-corrected chi connectivity index (χ3v) is 6.36. The largest absolute Gasteiger partial charge is 0.341 e. The number of aromatic nitrogens is 4. The second-order valence-electron chi connectivity index (χ2n) is 7.75. The third-order valence-electron chi connectivity index (χ3n) is 5.25. The smallest absolute Gasteiger partial charge is 0.258 e. The van der Waals surface area contributed by atoms with Gasteiger partial charge in [0.15, 0.2) is 15.7 Å². The number of carbonyl (C=O) groups is 1. The zero-order valence-corrected chi connectivity index (χ0v) is 18.8. The molecule has 3 heterocycles. The molecule has 1 aromatic carbocycles. The number of rotatable bonds is 5. The number of benzene rings is 1. The van der Waals surface area contributed by atoms with Gasteiger partial charge in [-0.1, -0.05) is 6.07 Å². The van der Waals surface area contributed by atoms with Crippen LogP contribution < -0.4 is 10.2 Å². The number of carbonyl (C=O) groups excluding carboxylic acids is 1. The molecular formula is C22H24N6O3S. The van der Waals surface area contributed by atoms with Gasteiger partial charge in [0.2, 0.25) is 11.9 Å². The van der Waals surface area contributed by atoms with Crippen molar-refractivity contribution >= 4 is 27.6 Å². The van der Waals surface area contributed by atoms with Gasteiger partial charge in [0.25, 0.3) is 5.91 Å². The quantitative estimate of drug-likeness (QED) is 0.628. The summed E-state index contributed by atoms with van der Waals surface area (Å²) >= 11 is 0. The lowest BCUT2D eigenvalue weighted by molar-refractivity contribution is 0.102. The Balaban J connectivity index is 1.67. The topological polar surface area (TPSA) is 118 Å². The van der Waals surface area contributed by atoms with Crippen molar-refractivity contribution in [3.63, 3.8) is 0 Å². The van der Waals surface area contributed by atoms with E-state index >= 15 is 0 Å². The van der Waals surface area contributed by atoms with Gasteiger partial charge < -0.3 is 4.90 Å². The van der Waals surface area contributed by atoms with Crippen LogP contribution in [0.3, 0.4) is 0 Å². The summed E-state index contributed by atoms with van der Waals surface area (Å²) in [4.78, 5) is 33.0. The molecule has 0 aliphatic carbocycles. The summed E-state index contributed by atoms with van der Waals surface area (Å²) in [5.74, 6) is 0.573. The van der Waals surface area contributed by atoms with Crippen LogP contribution in [0.15, 0.2) is 47.5 Å². The second-order valence-corrected chi connectivity index (χ2v) is 9.76. The van der Waals surface area contributed by atoms with E-state index in [1.165, 1.54) is 24.6 Å². The van der Waals surface area contributed by atoms with E-state index in [0.717, 1.165) is 32.2 Å². The van der Waals surface area contributed by atoms with E-state index in [9.17, 15) is 13.2 Å². The van der Waals surface area contributed by atoms with E-state index in [-0.39, 0.29) is 10.8 Å². The highest BCUT2D eigenvalue weighted by molar-refractivity contribution is 7.90. The van der Waals surface area contributed by atoms with Gasteiger partial charge in [-0.25, -0.2) is 8.42 Å². The monoisotopic (exact) mass is 452 g/mol. The number of nitrogens with one attached hydrogen (secondary N) is 1. The Morgan fingerprint density at radius 2 is 1.81 bits per heavy atom. The Kier molecular flexibility index (Phi) is 6.13.